The molecule has 0 radical (unpaired) electrons. The van der Waals surface area contributed by atoms with E-state index in [1.165, 1.54) is 6.20 Å². The van der Waals surface area contributed by atoms with Crippen LogP contribution in [0.4, 0.5) is 13.2 Å². The van der Waals surface area contributed by atoms with E-state index in [1.807, 2.05) is 5.32 Å². The first-order valence-electron chi connectivity index (χ1n) is 4.19. The molecule has 0 saturated carbocycles. The summed E-state index contributed by atoms with van der Waals surface area (Å²) < 4.78 is 41.0. The number of aromatic nitrogens is 1. The largest absolute Gasteiger partial charge is 0.319 e. The van der Waals surface area contributed by atoms with Gasteiger partial charge in [-0.25, -0.2) is 9.37 Å². The van der Waals surface area contributed by atoms with Crippen LogP contribution in [0.5, 0.6) is 0 Å². The molecule has 1 rings (SSSR count). The summed E-state index contributed by atoms with van der Waals surface area (Å²) in [6, 6.07) is 2.18. The lowest BCUT2D eigenvalue weighted by Crippen LogP contribution is -2.49. The minimum atomic E-state index is -3.62. The van der Waals surface area contributed by atoms with Gasteiger partial charge in [0.15, 0.2) is 0 Å². The summed E-state index contributed by atoms with van der Waals surface area (Å²) in [5.41, 5.74) is -0.427. The van der Waals surface area contributed by atoms with E-state index in [-0.39, 0.29) is 4.60 Å². The number of alkyl halides is 3. The molecule has 1 N–H and O–H groups in total. The highest BCUT2D eigenvalue weighted by atomic mass is 79.9. The van der Waals surface area contributed by atoms with E-state index < -0.39 is 17.3 Å². The number of nitrogens with zero attached hydrogens (tertiary/aromatic N) is 1. The van der Waals surface area contributed by atoms with Crippen LogP contribution in [-0.4, -0.2) is 17.8 Å². The summed E-state index contributed by atoms with van der Waals surface area (Å²) in [7, 11) is 1.14. The molecule has 2 nitrogen and oxygen atoms in total. The molecule has 0 aliphatic carbocycles. The van der Waals surface area contributed by atoms with Crippen LogP contribution >= 0.6 is 15.9 Å². The van der Waals surface area contributed by atoms with Crippen LogP contribution in [0.15, 0.2) is 22.9 Å². The van der Waals surface area contributed by atoms with Gasteiger partial charge in [-0.3, -0.25) is 5.32 Å². The van der Waals surface area contributed by atoms with Crippen molar-refractivity contribution in [3.8, 4) is 0 Å². The topological polar surface area (TPSA) is 24.9 Å². The molecule has 1 aromatic rings. The second-order valence-corrected chi connectivity index (χ2v) is 4.01. The predicted molar refractivity (Wildman–Crippen MR) is 54.4 cm³/mol. The summed E-state index contributed by atoms with van der Waals surface area (Å²) in [6.45, 7) is 0.793. The van der Waals surface area contributed by atoms with Crippen molar-refractivity contribution in [2.45, 2.75) is 18.6 Å². The van der Waals surface area contributed by atoms with E-state index in [9.17, 15) is 13.2 Å². The van der Waals surface area contributed by atoms with E-state index >= 15 is 0 Å². The standard InChI is InChI=1S/C9H10BrF3N2/c1-8(11,14-2)9(12,13)6-3-4-15-7(10)5-6/h3-5,14H,1-2H3. The number of halogens is 4. The molecular weight excluding hydrogens is 273 g/mol. The van der Waals surface area contributed by atoms with Crippen molar-refractivity contribution in [1.29, 1.82) is 0 Å². The van der Waals surface area contributed by atoms with Gasteiger partial charge in [0.25, 0.3) is 0 Å². The Morgan fingerprint density at radius 3 is 2.47 bits per heavy atom. The van der Waals surface area contributed by atoms with E-state index in [4.69, 9.17) is 0 Å². The molecule has 0 aromatic carbocycles. The van der Waals surface area contributed by atoms with Crippen molar-refractivity contribution in [3.05, 3.63) is 28.5 Å². The molecule has 1 heterocycles. The molecular formula is C9H10BrF3N2. The van der Waals surface area contributed by atoms with E-state index in [2.05, 4.69) is 20.9 Å². The van der Waals surface area contributed by atoms with Crippen molar-refractivity contribution in [2.75, 3.05) is 7.05 Å². The maximum Gasteiger partial charge on any atom is 0.319 e. The first-order chi connectivity index (χ1) is 6.81. The van der Waals surface area contributed by atoms with Crippen LogP contribution in [0.3, 0.4) is 0 Å². The number of rotatable bonds is 3. The van der Waals surface area contributed by atoms with Gasteiger partial charge in [-0.2, -0.15) is 8.78 Å². The Bertz CT molecular complexity index is 355. The van der Waals surface area contributed by atoms with Gasteiger partial charge in [0.2, 0.25) is 5.79 Å². The van der Waals surface area contributed by atoms with Crippen molar-refractivity contribution in [3.63, 3.8) is 0 Å². The fourth-order valence-corrected chi connectivity index (χ4v) is 1.39. The highest BCUT2D eigenvalue weighted by molar-refractivity contribution is 9.10. The Morgan fingerprint density at radius 2 is 2.00 bits per heavy atom. The van der Waals surface area contributed by atoms with Crippen LogP contribution in [0.1, 0.15) is 12.5 Å². The third-order valence-electron chi connectivity index (χ3n) is 2.15. The van der Waals surface area contributed by atoms with Gasteiger partial charge in [-0.15, -0.1) is 0 Å². The average Bonchev–Trinajstić information content (AvgIpc) is 2.17. The summed E-state index contributed by atoms with van der Waals surface area (Å²) in [6.07, 6.45) is 1.19. The van der Waals surface area contributed by atoms with Gasteiger partial charge in [-0.05, 0) is 42.0 Å². The summed E-state index contributed by atoms with van der Waals surface area (Å²) >= 11 is 2.96. The maximum atomic E-state index is 13.6. The summed E-state index contributed by atoms with van der Waals surface area (Å²) in [5, 5.41) is 1.95. The number of pyridine rings is 1. The van der Waals surface area contributed by atoms with Gasteiger partial charge in [0.1, 0.15) is 4.60 Å². The average molecular weight is 283 g/mol. The lowest BCUT2D eigenvalue weighted by atomic mass is 10.0. The van der Waals surface area contributed by atoms with Gasteiger partial charge in [-0.1, -0.05) is 0 Å². The monoisotopic (exact) mass is 282 g/mol. The molecule has 0 fully saturated rings. The SMILES string of the molecule is CNC(C)(F)C(F)(F)c1ccnc(Br)c1. The first kappa shape index (κ1) is 12.4. The van der Waals surface area contributed by atoms with Crippen molar-refractivity contribution < 1.29 is 13.2 Å². The normalized spacial score (nSPS) is 16.1. The highest BCUT2D eigenvalue weighted by Gasteiger charge is 2.51. The van der Waals surface area contributed by atoms with E-state index in [1.54, 1.807) is 0 Å². The number of hydrogen-bond donors (Lipinski definition) is 1. The Labute approximate surface area is 94.0 Å². The third kappa shape index (κ3) is 2.31. The van der Waals surface area contributed by atoms with Crippen LogP contribution in [0.25, 0.3) is 0 Å². The minimum absolute atomic E-state index is 0.242. The summed E-state index contributed by atoms with van der Waals surface area (Å²) in [5.74, 6) is -6.42. The smallest absolute Gasteiger partial charge is 0.283 e. The fraction of sp³-hybridized carbons (Fsp3) is 0.444. The van der Waals surface area contributed by atoms with Gasteiger partial charge in [0.05, 0.1) is 0 Å². The molecule has 6 heteroatoms. The minimum Gasteiger partial charge on any atom is -0.283 e. The molecule has 15 heavy (non-hydrogen) atoms. The number of nitrogens with one attached hydrogen (secondary N) is 1. The number of hydrogen-bond acceptors (Lipinski definition) is 2. The van der Waals surface area contributed by atoms with Gasteiger partial charge >= 0.3 is 5.92 Å². The maximum absolute atomic E-state index is 13.6. The van der Waals surface area contributed by atoms with E-state index in [0.717, 1.165) is 26.1 Å². The summed E-state index contributed by atoms with van der Waals surface area (Å²) in [4.78, 5) is 3.70. The third-order valence-corrected chi connectivity index (χ3v) is 2.58. The molecule has 0 bridgehead atoms. The van der Waals surface area contributed by atoms with Crippen LogP contribution < -0.4 is 5.32 Å². The van der Waals surface area contributed by atoms with Crippen LogP contribution in [0, 0.1) is 0 Å². The highest BCUT2D eigenvalue weighted by Crippen LogP contribution is 2.39. The Balaban J connectivity index is 3.16. The van der Waals surface area contributed by atoms with Gasteiger partial charge < -0.3 is 0 Å². The second kappa shape index (κ2) is 4.09. The predicted octanol–water partition coefficient (Wildman–Crippen LogP) is 2.84. The molecule has 1 aromatic heterocycles. The Hall–Kier alpha value is -0.620. The quantitative estimate of drug-likeness (QED) is 0.681. The molecule has 0 saturated heterocycles. The Kier molecular flexibility index (Phi) is 3.40. The number of likely N-dealkylation sites (N-methyl/N-ethyl adjacent to an activating group) is 1. The van der Waals surface area contributed by atoms with Crippen LogP contribution in [0.2, 0.25) is 0 Å². The van der Waals surface area contributed by atoms with E-state index in [0.29, 0.717) is 0 Å². The molecule has 84 valence electrons. The lowest BCUT2D eigenvalue weighted by molar-refractivity contribution is -0.149. The zero-order chi connectivity index (χ0) is 11.7. The van der Waals surface area contributed by atoms with Crippen molar-refractivity contribution >= 4 is 15.9 Å². The molecule has 1 unspecified atom stereocenters. The van der Waals surface area contributed by atoms with Crippen molar-refractivity contribution in [2.24, 2.45) is 0 Å². The molecule has 0 aliphatic heterocycles. The first-order valence-corrected chi connectivity index (χ1v) is 4.98. The molecule has 0 aliphatic rings. The zero-order valence-electron chi connectivity index (χ0n) is 8.19. The molecule has 0 amide bonds. The lowest BCUT2D eigenvalue weighted by Gasteiger charge is -2.29. The zero-order valence-corrected chi connectivity index (χ0v) is 9.78. The second-order valence-electron chi connectivity index (χ2n) is 3.19. The van der Waals surface area contributed by atoms with Gasteiger partial charge in [0, 0.05) is 11.8 Å². The Morgan fingerprint density at radius 1 is 1.40 bits per heavy atom. The van der Waals surface area contributed by atoms with Crippen LogP contribution in [-0.2, 0) is 5.92 Å². The van der Waals surface area contributed by atoms with Crippen molar-refractivity contribution in [1.82, 2.24) is 10.3 Å². The molecule has 0 spiro atoms. The fourth-order valence-electron chi connectivity index (χ4n) is 1.03. The molecule has 1 atom stereocenters.